The fraction of sp³-hybridized carbons (Fsp3) is 0.474. The molecular weight excluding hydrogens is 631 g/mol. The summed E-state index contributed by atoms with van der Waals surface area (Å²) in [4.78, 5) is 34.0. The molecule has 1 aliphatic carbocycles. The highest BCUT2D eigenvalue weighted by Crippen LogP contribution is 2.44. The topological polar surface area (TPSA) is 65.6 Å². The maximum Gasteiger partial charge on any atom is 0.236 e. The van der Waals surface area contributed by atoms with E-state index in [1.54, 1.807) is 30.2 Å². The Labute approximate surface area is 288 Å². The molecule has 1 atom stereocenters. The van der Waals surface area contributed by atoms with E-state index in [0.29, 0.717) is 46.4 Å². The third-order valence-corrected chi connectivity index (χ3v) is 10.4. The third kappa shape index (κ3) is 7.13. The molecule has 8 nitrogen and oxygen atoms in total. The summed E-state index contributed by atoms with van der Waals surface area (Å²) in [6, 6.07) is 16.3. The number of anilines is 2. The van der Waals surface area contributed by atoms with Gasteiger partial charge in [-0.25, -0.2) is 4.39 Å². The normalized spacial score (nSPS) is 21.8. The molecule has 0 N–H and O–H groups in total. The fourth-order valence-corrected chi connectivity index (χ4v) is 7.68. The van der Waals surface area contributed by atoms with Crippen LogP contribution in [0.4, 0.5) is 15.8 Å². The summed E-state index contributed by atoms with van der Waals surface area (Å²) < 4.78 is 27.8. The molecule has 2 fully saturated rings. The van der Waals surface area contributed by atoms with Gasteiger partial charge in [0.1, 0.15) is 5.82 Å². The molecule has 6 rings (SSSR count). The van der Waals surface area contributed by atoms with Crippen LogP contribution in [-0.4, -0.2) is 81.1 Å². The number of piperazine rings is 1. The van der Waals surface area contributed by atoms with Gasteiger partial charge in [-0.2, -0.15) is 0 Å². The maximum absolute atomic E-state index is 16.0. The number of hydrogen-bond acceptors (Lipinski definition) is 6. The highest BCUT2D eigenvalue weighted by molar-refractivity contribution is 6.30. The highest BCUT2D eigenvalue weighted by Gasteiger charge is 2.37. The van der Waals surface area contributed by atoms with Crippen molar-refractivity contribution >= 4 is 34.8 Å². The molecule has 3 aromatic rings. The van der Waals surface area contributed by atoms with Crippen molar-refractivity contribution in [2.45, 2.75) is 64.1 Å². The largest absolute Gasteiger partial charge is 0.493 e. The van der Waals surface area contributed by atoms with Crippen LogP contribution < -0.4 is 19.3 Å². The molecule has 3 aromatic carbocycles. The lowest BCUT2D eigenvalue weighted by Gasteiger charge is -2.41. The van der Waals surface area contributed by atoms with Crippen LogP contribution in [0.25, 0.3) is 0 Å². The zero-order valence-corrected chi connectivity index (χ0v) is 29.3. The van der Waals surface area contributed by atoms with Gasteiger partial charge in [-0.15, -0.1) is 0 Å². The predicted octanol–water partition coefficient (Wildman–Crippen LogP) is 6.72. The number of halogens is 2. The van der Waals surface area contributed by atoms with Crippen molar-refractivity contribution in [3.8, 4) is 11.5 Å². The number of rotatable bonds is 9. The van der Waals surface area contributed by atoms with Gasteiger partial charge in [0.15, 0.2) is 11.5 Å². The standard InChI is InChI=1S/C38H46ClFN4O4/c1-24(2)48-35-21-31-27(18-34(35)47-5)19-36(45)44(38(31)26-8-10-28(39)11-9-26)30-14-15-33(32(40)20-30)42(4)22-25-6-12-29(13-7-25)43-17-16-41(3)37(46)23-43/h8-11,14-15,18,20-21,24-25,29,38H,6-7,12-13,16-17,19,22-23H2,1-5H3/t25?,29?,38-/m0/s1. The lowest BCUT2D eigenvalue weighted by atomic mass is 9.84. The summed E-state index contributed by atoms with van der Waals surface area (Å²) in [6.07, 6.45) is 4.27. The smallest absolute Gasteiger partial charge is 0.236 e. The van der Waals surface area contributed by atoms with Crippen LogP contribution in [0.5, 0.6) is 11.5 Å². The quantitative estimate of drug-likeness (QED) is 0.251. The Kier molecular flexibility index (Phi) is 10.2. The van der Waals surface area contributed by atoms with Crippen molar-refractivity contribution < 1.29 is 23.5 Å². The number of carbonyl (C=O) groups is 2. The van der Waals surface area contributed by atoms with Crippen LogP contribution in [0.1, 0.15) is 62.3 Å². The van der Waals surface area contributed by atoms with Crippen molar-refractivity contribution in [3.63, 3.8) is 0 Å². The molecule has 0 unspecified atom stereocenters. The van der Waals surface area contributed by atoms with E-state index in [-0.39, 0.29) is 30.2 Å². The van der Waals surface area contributed by atoms with Crippen molar-refractivity contribution in [2.24, 2.45) is 5.92 Å². The molecule has 3 aliphatic rings. The summed E-state index contributed by atoms with van der Waals surface area (Å²) in [5.41, 5.74) is 3.59. The number of benzene rings is 3. The van der Waals surface area contributed by atoms with Crippen LogP contribution in [-0.2, 0) is 16.0 Å². The average molecular weight is 677 g/mol. The Morgan fingerprint density at radius 3 is 2.33 bits per heavy atom. The van der Waals surface area contributed by atoms with E-state index in [2.05, 4.69) is 4.90 Å². The van der Waals surface area contributed by atoms with Crippen molar-refractivity contribution in [2.75, 3.05) is 57.2 Å². The van der Waals surface area contributed by atoms with E-state index in [1.807, 2.05) is 68.1 Å². The molecule has 10 heteroatoms. The summed E-state index contributed by atoms with van der Waals surface area (Å²) in [5.74, 6) is 1.30. The van der Waals surface area contributed by atoms with Crippen LogP contribution in [0.2, 0.25) is 5.02 Å². The number of nitrogens with zero attached hydrogens (tertiary/aromatic N) is 4. The van der Waals surface area contributed by atoms with Crippen LogP contribution in [0.3, 0.4) is 0 Å². The molecular formula is C38H46ClFN4O4. The second-order valence-electron chi connectivity index (χ2n) is 13.7. The fourth-order valence-electron chi connectivity index (χ4n) is 7.55. The lowest BCUT2D eigenvalue weighted by molar-refractivity contribution is -0.135. The number of methoxy groups -OCH3 is 1. The Bertz CT molecular complexity index is 1640. The third-order valence-electron chi connectivity index (χ3n) is 10.1. The summed E-state index contributed by atoms with van der Waals surface area (Å²) in [5, 5.41) is 0.590. The van der Waals surface area contributed by atoms with Gasteiger partial charge < -0.3 is 24.2 Å². The Morgan fingerprint density at radius 1 is 0.958 bits per heavy atom. The van der Waals surface area contributed by atoms with Gasteiger partial charge in [0.2, 0.25) is 11.8 Å². The first-order chi connectivity index (χ1) is 23.0. The van der Waals surface area contributed by atoms with Gasteiger partial charge in [-0.05, 0) is 105 Å². The Balaban J connectivity index is 1.22. The predicted molar refractivity (Wildman–Crippen MR) is 188 cm³/mol. The van der Waals surface area contributed by atoms with E-state index in [9.17, 15) is 9.59 Å². The zero-order valence-electron chi connectivity index (χ0n) is 28.5. The van der Waals surface area contributed by atoms with E-state index in [0.717, 1.165) is 62.0 Å². The summed E-state index contributed by atoms with van der Waals surface area (Å²) in [6.45, 7) is 6.88. The second kappa shape index (κ2) is 14.3. The minimum absolute atomic E-state index is 0.0800. The minimum Gasteiger partial charge on any atom is -0.493 e. The lowest BCUT2D eigenvalue weighted by Crippen LogP contribution is -2.53. The zero-order chi connectivity index (χ0) is 34.1. The van der Waals surface area contributed by atoms with E-state index >= 15 is 4.39 Å². The number of carbonyl (C=O) groups excluding carboxylic acids is 2. The Morgan fingerprint density at radius 2 is 1.69 bits per heavy atom. The summed E-state index contributed by atoms with van der Waals surface area (Å²) in [7, 11) is 5.40. The first-order valence-electron chi connectivity index (χ1n) is 17.0. The molecule has 2 aliphatic heterocycles. The number of fused-ring (bicyclic) bond motifs is 1. The molecule has 2 amide bonds. The van der Waals surface area contributed by atoms with Gasteiger partial charge in [-0.1, -0.05) is 23.7 Å². The highest BCUT2D eigenvalue weighted by atomic mass is 35.5. The second-order valence-corrected chi connectivity index (χ2v) is 14.2. The molecule has 0 aromatic heterocycles. The SMILES string of the molecule is COc1cc2c(cc1OC(C)C)[C@H](c1ccc(Cl)cc1)N(c1ccc(N(C)CC3CCC(N4CCN(C)C(=O)C4)CC3)c(F)c1)C(=O)C2. The first kappa shape index (κ1) is 34.1. The maximum atomic E-state index is 16.0. The van der Waals surface area contributed by atoms with Gasteiger partial charge in [0.05, 0.1) is 37.9 Å². The van der Waals surface area contributed by atoms with E-state index in [4.69, 9.17) is 21.1 Å². The molecule has 0 bridgehead atoms. The minimum atomic E-state index is -0.521. The first-order valence-corrected chi connectivity index (χ1v) is 17.3. The van der Waals surface area contributed by atoms with E-state index < -0.39 is 6.04 Å². The van der Waals surface area contributed by atoms with Crippen molar-refractivity contribution in [1.82, 2.24) is 9.80 Å². The van der Waals surface area contributed by atoms with Gasteiger partial charge in [-0.3, -0.25) is 14.5 Å². The number of hydrogen-bond donors (Lipinski definition) is 0. The number of amides is 2. The van der Waals surface area contributed by atoms with Gasteiger partial charge in [0.25, 0.3) is 0 Å². The van der Waals surface area contributed by atoms with Crippen molar-refractivity contribution in [3.05, 3.63) is 82.1 Å². The monoisotopic (exact) mass is 676 g/mol. The van der Waals surface area contributed by atoms with Crippen LogP contribution in [0.15, 0.2) is 54.6 Å². The van der Waals surface area contributed by atoms with Gasteiger partial charge >= 0.3 is 0 Å². The van der Waals surface area contributed by atoms with Crippen LogP contribution in [0, 0.1) is 11.7 Å². The molecule has 2 heterocycles. The molecule has 0 spiro atoms. The number of ether oxygens (including phenoxy) is 2. The molecule has 1 saturated carbocycles. The van der Waals surface area contributed by atoms with Gasteiger partial charge in [0, 0.05) is 50.5 Å². The van der Waals surface area contributed by atoms with E-state index in [1.165, 1.54) is 6.07 Å². The van der Waals surface area contributed by atoms with Crippen molar-refractivity contribution in [1.29, 1.82) is 0 Å². The molecule has 48 heavy (non-hydrogen) atoms. The average Bonchev–Trinajstić information content (AvgIpc) is 3.06. The molecule has 256 valence electrons. The molecule has 0 radical (unpaired) electrons. The Hall–Kier alpha value is -3.82. The molecule has 1 saturated heterocycles. The summed E-state index contributed by atoms with van der Waals surface area (Å²) >= 11 is 6.26. The number of likely N-dealkylation sites (N-methyl/N-ethyl adjacent to an activating group) is 1. The van der Waals surface area contributed by atoms with Crippen LogP contribution >= 0.6 is 11.6 Å².